The number of nitrogens with one attached hydrogen (secondary N) is 1. The van der Waals surface area contributed by atoms with E-state index < -0.39 is 6.04 Å². The quantitative estimate of drug-likeness (QED) is 0.627. The van der Waals surface area contributed by atoms with Crippen LogP contribution in [0.1, 0.15) is 61.4 Å². The third kappa shape index (κ3) is 4.38. The van der Waals surface area contributed by atoms with Crippen molar-refractivity contribution in [2.45, 2.75) is 65.5 Å². The fraction of sp³-hybridized carbons (Fsp3) is 0.440. The number of hydrogen-bond donors (Lipinski definition) is 1. The molecule has 1 atom stereocenters. The van der Waals surface area contributed by atoms with Gasteiger partial charge >= 0.3 is 0 Å². The Morgan fingerprint density at radius 1 is 1.16 bits per heavy atom. The Balaban J connectivity index is 1.68. The molecular weight excluding hydrogens is 402 g/mol. The first-order valence-corrected chi connectivity index (χ1v) is 11.5. The zero-order valence-electron chi connectivity index (χ0n) is 19.1. The van der Waals surface area contributed by atoms with Gasteiger partial charge in [0.15, 0.2) is 5.65 Å². The number of rotatable bonds is 6. The number of aromatic nitrogens is 3. The molecule has 2 aromatic heterocycles. The Hall–Kier alpha value is -3.22. The number of carbonyl (C=O) groups is 2. The van der Waals surface area contributed by atoms with Crippen LogP contribution >= 0.6 is 0 Å². The minimum absolute atomic E-state index is 0.175. The van der Waals surface area contributed by atoms with Crippen LogP contribution in [0.5, 0.6) is 0 Å². The Bertz CT molecular complexity index is 1120. The summed E-state index contributed by atoms with van der Waals surface area (Å²) < 4.78 is 2.17. The first-order chi connectivity index (χ1) is 15.5. The lowest BCUT2D eigenvalue weighted by Gasteiger charge is -2.28. The van der Waals surface area contributed by atoms with Crippen molar-refractivity contribution in [3.63, 3.8) is 0 Å². The summed E-state index contributed by atoms with van der Waals surface area (Å²) in [4.78, 5) is 37.9. The van der Waals surface area contributed by atoms with Crippen LogP contribution in [0.3, 0.4) is 0 Å². The van der Waals surface area contributed by atoms with Gasteiger partial charge in [-0.1, -0.05) is 31.5 Å². The summed E-state index contributed by atoms with van der Waals surface area (Å²) in [6.07, 6.45) is 5.03. The van der Waals surface area contributed by atoms with Crippen molar-refractivity contribution in [1.29, 1.82) is 0 Å². The molecule has 0 aliphatic carbocycles. The number of para-hydroxylation sites is 1. The van der Waals surface area contributed by atoms with Gasteiger partial charge in [0.2, 0.25) is 5.91 Å². The number of fused-ring (bicyclic) bond motifs is 3. The van der Waals surface area contributed by atoms with Gasteiger partial charge < -0.3 is 14.8 Å². The highest BCUT2D eigenvalue weighted by Gasteiger charge is 2.29. The van der Waals surface area contributed by atoms with Crippen molar-refractivity contribution in [3.05, 3.63) is 53.5 Å². The van der Waals surface area contributed by atoms with E-state index >= 15 is 0 Å². The smallest absolute Gasteiger partial charge is 0.256 e. The van der Waals surface area contributed by atoms with E-state index in [1.165, 1.54) is 6.42 Å². The molecule has 0 saturated heterocycles. The van der Waals surface area contributed by atoms with Gasteiger partial charge in [0.05, 0.1) is 5.56 Å². The number of hydrogen-bond acceptors (Lipinski definition) is 4. The fourth-order valence-electron chi connectivity index (χ4n) is 4.36. The second kappa shape index (κ2) is 9.51. The summed E-state index contributed by atoms with van der Waals surface area (Å²) in [7, 11) is 0. The molecule has 1 unspecified atom stereocenters. The molecule has 7 nitrogen and oxygen atoms in total. The van der Waals surface area contributed by atoms with Crippen LogP contribution in [-0.2, 0) is 17.8 Å². The number of anilines is 1. The summed E-state index contributed by atoms with van der Waals surface area (Å²) in [5, 5.41) is 2.92. The molecule has 3 heterocycles. The van der Waals surface area contributed by atoms with Gasteiger partial charge in [0.1, 0.15) is 17.4 Å². The van der Waals surface area contributed by atoms with Crippen molar-refractivity contribution < 1.29 is 9.59 Å². The van der Waals surface area contributed by atoms with Gasteiger partial charge in [-0.2, -0.15) is 0 Å². The fourth-order valence-corrected chi connectivity index (χ4v) is 4.36. The molecule has 168 valence electrons. The number of benzene rings is 1. The third-order valence-electron chi connectivity index (χ3n) is 6.04. The number of carbonyl (C=O) groups excluding carboxylic acids is 2. The molecule has 32 heavy (non-hydrogen) atoms. The predicted octanol–water partition coefficient (Wildman–Crippen LogP) is 4.35. The molecule has 1 aliphatic rings. The summed E-state index contributed by atoms with van der Waals surface area (Å²) >= 11 is 0. The Morgan fingerprint density at radius 2 is 1.94 bits per heavy atom. The van der Waals surface area contributed by atoms with Gasteiger partial charge in [0.25, 0.3) is 5.91 Å². The monoisotopic (exact) mass is 433 g/mol. The summed E-state index contributed by atoms with van der Waals surface area (Å²) in [5.41, 5.74) is 3.46. The molecule has 0 bridgehead atoms. The van der Waals surface area contributed by atoms with E-state index in [-0.39, 0.29) is 11.8 Å². The summed E-state index contributed by atoms with van der Waals surface area (Å²) in [6, 6.07) is 10.5. The molecule has 2 amide bonds. The van der Waals surface area contributed by atoms with Crippen LogP contribution in [-0.4, -0.2) is 43.8 Å². The first-order valence-electron chi connectivity index (χ1n) is 11.5. The number of nitrogens with zero attached hydrogens (tertiary/aromatic N) is 4. The highest BCUT2D eigenvalue weighted by Crippen LogP contribution is 2.25. The lowest BCUT2D eigenvalue weighted by Crippen LogP contribution is -2.46. The van der Waals surface area contributed by atoms with E-state index in [2.05, 4.69) is 9.88 Å². The van der Waals surface area contributed by atoms with Crippen molar-refractivity contribution in [2.75, 3.05) is 11.9 Å². The highest BCUT2D eigenvalue weighted by atomic mass is 16.2. The van der Waals surface area contributed by atoms with Crippen LogP contribution in [0.2, 0.25) is 0 Å². The largest absolute Gasteiger partial charge is 0.327 e. The van der Waals surface area contributed by atoms with Crippen LogP contribution in [0.25, 0.3) is 11.2 Å². The molecule has 1 N–H and O–H groups in total. The van der Waals surface area contributed by atoms with Gasteiger partial charge in [-0.05, 0) is 51.3 Å². The maximum absolute atomic E-state index is 13.7. The van der Waals surface area contributed by atoms with Crippen molar-refractivity contribution >= 4 is 28.7 Å². The van der Waals surface area contributed by atoms with E-state index in [0.717, 1.165) is 49.4 Å². The minimum Gasteiger partial charge on any atom is -0.327 e. The van der Waals surface area contributed by atoms with Crippen LogP contribution in [0.15, 0.2) is 36.4 Å². The average molecular weight is 434 g/mol. The van der Waals surface area contributed by atoms with Crippen LogP contribution < -0.4 is 5.32 Å². The standard InChI is InChI=1S/C25H31N5O2/c1-4-14-29(18(3)24(31)27-19-11-7-5-8-12-19)25(32)20-16-17(2)26-23-22(20)28-21-13-9-6-10-15-30(21)23/h5,7-8,11-12,16,18H,4,6,9-10,13-15H2,1-3H3,(H,27,31). The lowest BCUT2D eigenvalue weighted by atomic mass is 10.1. The van der Waals surface area contributed by atoms with Gasteiger partial charge in [-0.15, -0.1) is 0 Å². The number of imidazole rings is 1. The maximum Gasteiger partial charge on any atom is 0.256 e. The van der Waals surface area contributed by atoms with Gasteiger partial charge in [-0.25, -0.2) is 9.97 Å². The highest BCUT2D eigenvalue weighted by molar-refractivity contribution is 6.07. The topological polar surface area (TPSA) is 80.1 Å². The van der Waals surface area contributed by atoms with Crippen molar-refractivity contribution in [3.8, 4) is 0 Å². The van der Waals surface area contributed by atoms with E-state index in [0.29, 0.717) is 23.3 Å². The first kappa shape index (κ1) is 22.0. The normalized spacial score (nSPS) is 14.5. The molecule has 4 rings (SSSR count). The maximum atomic E-state index is 13.7. The molecule has 0 radical (unpaired) electrons. The molecule has 7 heteroatoms. The molecule has 0 saturated carbocycles. The zero-order chi connectivity index (χ0) is 22.7. The van der Waals surface area contributed by atoms with Crippen molar-refractivity contribution in [1.82, 2.24) is 19.4 Å². The Kier molecular flexibility index (Phi) is 6.53. The lowest BCUT2D eigenvalue weighted by molar-refractivity contribution is -0.120. The second-order valence-corrected chi connectivity index (χ2v) is 8.50. The number of pyridine rings is 1. The van der Waals surface area contributed by atoms with E-state index in [1.54, 1.807) is 11.8 Å². The Labute approximate surface area is 188 Å². The van der Waals surface area contributed by atoms with Crippen molar-refractivity contribution in [2.24, 2.45) is 0 Å². The summed E-state index contributed by atoms with van der Waals surface area (Å²) in [6.45, 7) is 7.06. The van der Waals surface area contributed by atoms with E-state index in [1.807, 2.05) is 50.2 Å². The van der Waals surface area contributed by atoms with Crippen LogP contribution in [0.4, 0.5) is 5.69 Å². The second-order valence-electron chi connectivity index (χ2n) is 8.50. The number of aryl methyl sites for hydroxylation is 3. The predicted molar refractivity (Wildman–Crippen MR) is 126 cm³/mol. The summed E-state index contributed by atoms with van der Waals surface area (Å²) in [5.74, 6) is 0.619. The van der Waals surface area contributed by atoms with Gasteiger partial charge in [-0.3, -0.25) is 9.59 Å². The van der Waals surface area contributed by atoms with E-state index in [4.69, 9.17) is 9.97 Å². The molecule has 1 aliphatic heterocycles. The number of amides is 2. The molecule has 0 spiro atoms. The molecule has 0 fully saturated rings. The van der Waals surface area contributed by atoms with Gasteiger partial charge in [0, 0.05) is 30.9 Å². The molecule has 3 aromatic rings. The van der Waals surface area contributed by atoms with E-state index in [9.17, 15) is 9.59 Å². The van der Waals surface area contributed by atoms with Crippen LogP contribution in [0, 0.1) is 6.92 Å². The SMILES string of the molecule is CCCN(C(=O)c1cc(C)nc2c1nc1n2CCCCC1)C(C)C(=O)Nc1ccccc1. The third-order valence-corrected chi connectivity index (χ3v) is 6.04. The minimum atomic E-state index is -0.619. The Morgan fingerprint density at radius 3 is 2.69 bits per heavy atom. The molecular formula is C25H31N5O2. The average Bonchev–Trinajstić information content (AvgIpc) is 2.97. The molecule has 1 aromatic carbocycles. The zero-order valence-corrected chi connectivity index (χ0v) is 19.1.